The molecule has 3 heterocycles. The summed E-state index contributed by atoms with van der Waals surface area (Å²) in [5, 5.41) is 82.9. The molecule has 1 unspecified atom stereocenters. The van der Waals surface area contributed by atoms with Gasteiger partial charge in [-0.15, -0.1) is 0 Å². The summed E-state index contributed by atoms with van der Waals surface area (Å²) in [5.41, 5.74) is 2.38. The van der Waals surface area contributed by atoms with Gasteiger partial charge in [-0.2, -0.15) is 0 Å². The number of nitrogens with zero attached hydrogens (tertiary/aromatic N) is 1. The second-order valence-electron chi connectivity index (χ2n) is 16.4. The number of hydrogen-bond acceptors (Lipinski definition) is 14. The molecule has 8 N–H and O–H groups in total. The minimum absolute atomic E-state index is 0.0187. The number of sulfone groups is 1. The number of para-hydroxylation sites is 1. The molecule has 0 aromatic heterocycles. The average molecular weight is 860 g/mol. The maximum Gasteiger partial charge on any atom is 0.232 e. The normalized spacial score (nSPS) is 35.5. The number of aliphatic hydroxyl groups is 8. The third kappa shape index (κ3) is 9.19. The van der Waals surface area contributed by atoms with Gasteiger partial charge in [0.15, 0.2) is 16.1 Å². The van der Waals surface area contributed by atoms with Crippen molar-refractivity contribution >= 4 is 21.4 Å². The molecule has 4 aliphatic rings. The first-order chi connectivity index (χ1) is 28.7. The van der Waals surface area contributed by atoms with Gasteiger partial charge in [-0.05, 0) is 97.9 Å². The number of carbonyl (C=O) groups is 1. The van der Waals surface area contributed by atoms with Gasteiger partial charge in [-0.3, -0.25) is 4.79 Å². The molecule has 0 spiro atoms. The summed E-state index contributed by atoms with van der Waals surface area (Å²) >= 11 is 0. The van der Waals surface area contributed by atoms with Crippen LogP contribution in [0.5, 0.6) is 0 Å². The number of halogens is 1. The molecule has 3 aliphatic heterocycles. The van der Waals surface area contributed by atoms with Gasteiger partial charge in [-0.1, -0.05) is 42.5 Å². The number of amides is 1. The lowest BCUT2D eigenvalue weighted by molar-refractivity contribution is -0.341. The highest BCUT2D eigenvalue weighted by Gasteiger charge is 2.53. The van der Waals surface area contributed by atoms with Crippen LogP contribution in [0.15, 0.2) is 83.8 Å². The first kappa shape index (κ1) is 44.6. The molecule has 0 radical (unpaired) electrons. The lowest BCUT2D eigenvalue weighted by Crippen LogP contribution is -2.65. The van der Waals surface area contributed by atoms with Gasteiger partial charge >= 0.3 is 0 Å². The average Bonchev–Trinajstić information content (AvgIpc) is 3.26. The highest BCUT2D eigenvalue weighted by atomic mass is 32.2. The third-order valence-electron chi connectivity index (χ3n) is 12.8. The number of benzene rings is 3. The fraction of sp³-hybridized carbons (Fsp3) is 0.558. The topological polar surface area (TPSA) is 244 Å². The fourth-order valence-electron chi connectivity index (χ4n) is 9.34. The van der Waals surface area contributed by atoms with E-state index in [4.69, 9.17) is 14.2 Å². The zero-order valence-electron chi connectivity index (χ0n) is 32.8. The van der Waals surface area contributed by atoms with Crippen molar-refractivity contribution in [2.75, 3.05) is 23.9 Å². The van der Waals surface area contributed by atoms with Crippen molar-refractivity contribution in [3.63, 3.8) is 0 Å². The molecule has 328 valence electrons. The van der Waals surface area contributed by atoms with Crippen LogP contribution in [0.25, 0.3) is 0 Å². The minimum Gasteiger partial charge on any atom is -0.394 e. The molecular formula is C43H54FNO14S. The maximum atomic E-state index is 13.6. The molecule has 3 aromatic carbocycles. The van der Waals surface area contributed by atoms with Gasteiger partial charge < -0.3 is 60.0 Å². The maximum absolute atomic E-state index is 13.6. The number of hydrogen-bond donors (Lipinski definition) is 8. The quantitative estimate of drug-likeness (QED) is 0.106. The van der Waals surface area contributed by atoms with E-state index in [2.05, 4.69) is 0 Å². The number of rotatable bonds is 14. The van der Waals surface area contributed by atoms with Crippen LogP contribution >= 0.6 is 0 Å². The zero-order chi connectivity index (χ0) is 42.9. The van der Waals surface area contributed by atoms with Gasteiger partial charge in [0.1, 0.15) is 60.8 Å². The van der Waals surface area contributed by atoms with E-state index in [1.165, 1.54) is 24.3 Å². The summed E-state index contributed by atoms with van der Waals surface area (Å²) in [6, 6.07) is 21.7. The summed E-state index contributed by atoms with van der Waals surface area (Å²) in [7, 11) is -4.11. The van der Waals surface area contributed by atoms with Crippen LogP contribution in [0.1, 0.15) is 61.7 Å². The summed E-state index contributed by atoms with van der Waals surface area (Å²) in [4.78, 5) is 15.4. The molecule has 1 amide bonds. The number of aliphatic hydroxyl groups excluding tert-OH is 8. The summed E-state index contributed by atoms with van der Waals surface area (Å²) in [5.74, 6) is -1.05. The lowest BCUT2D eigenvalue weighted by atomic mass is 9.68. The van der Waals surface area contributed by atoms with Crippen molar-refractivity contribution in [1.29, 1.82) is 0 Å². The van der Waals surface area contributed by atoms with Crippen molar-refractivity contribution < 1.29 is 72.7 Å². The second kappa shape index (κ2) is 18.9. The van der Waals surface area contributed by atoms with Gasteiger partial charge in [-0.25, -0.2) is 12.8 Å². The summed E-state index contributed by atoms with van der Waals surface area (Å²) in [6.45, 7) is -1.53. The smallest absolute Gasteiger partial charge is 0.232 e. The molecule has 13 atom stereocenters. The number of anilines is 1. The third-order valence-corrected chi connectivity index (χ3v) is 14.5. The highest BCUT2D eigenvalue weighted by molar-refractivity contribution is 7.91. The largest absolute Gasteiger partial charge is 0.394 e. The Labute approximate surface area is 347 Å². The van der Waals surface area contributed by atoms with Crippen LogP contribution in [-0.2, 0) is 28.8 Å². The van der Waals surface area contributed by atoms with E-state index in [1.807, 2.05) is 35.2 Å². The molecule has 3 saturated heterocycles. The van der Waals surface area contributed by atoms with E-state index < -0.39 is 96.1 Å². The number of ether oxygens (including phenoxy) is 3. The fourth-order valence-corrected chi connectivity index (χ4v) is 10.8. The Morgan fingerprint density at radius 3 is 2.02 bits per heavy atom. The predicted octanol–water partition coefficient (Wildman–Crippen LogP) is 1.09. The Hall–Kier alpha value is -3.43. The highest BCUT2D eigenvalue weighted by Crippen LogP contribution is 2.47. The van der Waals surface area contributed by atoms with E-state index >= 15 is 0 Å². The molecule has 1 saturated carbocycles. The van der Waals surface area contributed by atoms with Gasteiger partial charge in [0.25, 0.3) is 0 Å². The Morgan fingerprint density at radius 1 is 0.750 bits per heavy atom. The van der Waals surface area contributed by atoms with Gasteiger partial charge in [0, 0.05) is 5.69 Å². The predicted molar refractivity (Wildman–Crippen MR) is 211 cm³/mol. The van der Waals surface area contributed by atoms with Gasteiger partial charge in [0.05, 0.1) is 41.9 Å². The summed E-state index contributed by atoms with van der Waals surface area (Å²) in [6.07, 6.45) is -13.1. The zero-order valence-corrected chi connectivity index (χ0v) is 33.6. The van der Waals surface area contributed by atoms with Crippen molar-refractivity contribution in [3.8, 4) is 0 Å². The van der Waals surface area contributed by atoms with E-state index in [-0.39, 0.29) is 40.4 Å². The minimum atomic E-state index is -4.11. The van der Waals surface area contributed by atoms with Crippen LogP contribution in [0, 0.1) is 17.7 Å². The molecule has 1 aliphatic carbocycles. The number of carbonyl (C=O) groups excluding carboxylic acids is 1. The van der Waals surface area contributed by atoms with Crippen LogP contribution < -0.4 is 4.90 Å². The van der Waals surface area contributed by atoms with E-state index in [0.29, 0.717) is 18.4 Å². The molecule has 7 rings (SSSR count). The second-order valence-corrected chi connectivity index (χ2v) is 18.5. The first-order valence-corrected chi connectivity index (χ1v) is 22.1. The van der Waals surface area contributed by atoms with E-state index in [1.54, 1.807) is 24.3 Å². The number of β-lactam (4-membered cyclic amide) rings is 1. The molecule has 15 nitrogen and oxygen atoms in total. The molecular weight excluding hydrogens is 806 g/mol. The van der Waals surface area contributed by atoms with E-state index in [9.17, 15) is 58.5 Å². The Kier molecular flexibility index (Phi) is 14.1. The SMILES string of the molecule is O=C1[C@H](CC[C@H](O)c2ccc(F)cc2)[C@@H](C2CCC(c3ccc(S(=O)(=O)C[C@@H]4O[C@H](CO)C(O[C@@H]5O[C@H](CO)[C@@H](O)[C@H](O)[C@H]5O)[C@H](O)[C@H]4O)cc3)CC2)N1c1ccccc1. The monoisotopic (exact) mass is 859 g/mol. The Morgan fingerprint density at radius 2 is 1.38 bits per heavy atom. The van der Waals surface area contributed by atoms with Crippen LogP contribution in [0.4, 0.5) is 10.1 Å². The van der Waals surface area contributed by atoms with Crippen LogP contribution in [-0.4, -0.2) is 141 Å². The van der Waals surface area contributed by atoms with Crippen LogP contribution in [0.2, 0.25) is 0 Å². The molecule has 17 heteroatoms. The lowest BCUT2D eigenvalue weighted by Gasteiger charge is -2.52. The van der Waals surface area contributed by atoms with Crippen LogP contribution in [0.3, 0.4) is 0 Å². The standard InChI is InChI=1S/C43H54FNO14S/c44-27-14-10-25(11-15-27)31(48)19-18-30-35(45(42(30)54)28-4-2-1-3-5-28)26-8-6-23(7-9-26)24-12-16-29(17-13-24)60(55,56)22-34-37(50)39(52)41(33(21-47)57-34)59-43-40(53)38(51)36(49)32(20-46)58-43/h1-5,10-17,23,26,30-41,43,46-53H,6-9,18-22H2/t23?,26?,30-,31+,32-,33-,34+,35-,36-,37+,38+,39-,40-,41?,43+/m1/s1. The Balaban J connectivity index is 0.961. The molecule has 0 bridgehead atoms. The molecule has 3 aromatic rings. The molecule has 4 fully saturated rings. The Bertz CT molecular complexity index is 1980. The van der Waals surface area contributed by atoms with Crippen molar-refractivity contribution in [3.05, 3.63) is 95.8 Å². The first-order valence-electron chi connectivity index (χ1n) is 20.4. The van der Waals surface area contributed by atoms with Gasteiger partial charge in [0.2, 0.25) is 5.91 Å². The summed E-state index contributed by atoms with van der Waals surface area (Å²) < 4.78 is 57.3. The van der Waals surface area contributed by atoms with Crippen molar-refractivity contribution in [1.82, 2.24) is 0 Å². The van der Waals surface area contributed by atoms with Crippen molar-refractivity contribution in [2.45, 2.75) is 123 Å². The van der Waals surface area contributed by atoms with Crippen molar-refractivity contribution in [2.24, 2.45) is 11.8 Å². The molecule has 60 heavy (non-hydrogen) atoms. The van der Waals surface area contributed by atoms with E-state index in [0.717, 1.165) is 36.9 Å².